The van der Waals surface area contributed by atoms with Gasteiger partial charge in [0.15, 0.2) is 0 Å². The zero-order valence-electron chi connectivity index (χ0n) is 17.3. The van der Waals surface area contributed by atoms with E-state index >= 15 is 0 Å². The smallest absolute Gasteiger partial charge is 0.272 e. The molecule has 1 amide bonds. The van der Waals surface area contributed by atoms with E-state index in [4.69, 9.17) is 16.1 Å². The molecule has 0 aliphatic heterocycles. The Balaban J connectivity index is 1.65. The molecule has 33 heavy (non-hydrogen) atoms. The quantitative estimate of drug-likeness (QED) is 0.122. The molecule has 7 heteroatoms. The molecule has 0 unspecified atom stereocenters. The van der Waals surface area contributed by atoms with Crippen LogP contribution in [0.1, 0.15) is 15.9 Å². The van der Waals surface area contributed by atoms with Crippen molar-refractivity contribution in [2.75, 3.05) is 6.61 Å². The van der Waals surface area contributed by atoms with E-state index in [0.29, 0.717) is 11.3 Å². The number of hydrazone groups is 1. The summed E-state index contributed by atoms with van der Waals surface area (Å²) in [7, 11) is 0. The van der Waals surface area contributed by atoms with Crippen molar-refractivity contribution in [2.45, 2.75) is 0 Å². The second kappa shape index (κ2) is 10.8. The summed E-state index contributed by atoms with van der Waals surface area (Å²) < 4.78 is 7.61. The number of amides is 1. The molecule has 0 spiro atoms. The molecule has 0 fully saturated rings. The first-order valence-corrected chi connectivity index (χ1v) is 12.1. The lowest BCUT2D eigenvalue weighted by Crippen LogP contribution is -2.18. The molecule has 4 aromatic rings. The topological polar surface area (TPSA) is 63.6 Å². The van der Waals surface area contributed by atoms with Crippen LogP contribution in [0.15, 0.2) is 77.9 Å². The fourth-order valence-electron chi connectivity index (χ4n) is 3.28. The Morgan fingerprint density at radius 1 is 1.09 bits per heavy atom. The van der Waals surface area contributed by atoms with Crippen LogP contribution in [0, 0.1) is 19.5 Å². The number of pyridine rings is 1. The number of rotatable bonds is 6. The summed E-state index contributed by atoms with van der Waals surface area (Å²) in [6, 6.07) is 23.0. The third-order valence-corrected chi connectivity index (χ3v) is 6.16. The standard InChI is InChI=1S/C26H17I2N3O2/c1-2-12-33-25-18(13-19(27)14-22(25)28)16-29-31-26(32)21-15-24(17-8-4-3-5-9-17)30-23-11-7-6-10-20(21)23/h1,3-11,13-16H,12H2,(H,31,32)/b29-16-. The Morgan fingerprint density at radius 3 is 2.64 bits per heavy atom. The largest absolute Gasteiger partial charge is 0.479 e. The van der Waals surface area contributed by atoms with Crippen molar-refractivity contribution >= 4 is 68.2 Å². The lowest BCUT2D eigenvalue weighted by molar-refractivity contribution is 0.0956. The zero-order valence-corrected chi connectivity index (χ0v) is 21.6. The average molecular weight is 657 g/mol. The van der Waals surface area contributed by atoms with E-state index in [9.17, 15) is 4.79 Å². The number of nitrogens with one attached hydrogen (secondary N) is 1. The van der Waals surface area contributed by atoms with Gasteiger partial charge >= 0.3 is 0 Å². The van der Waals surface area contributed by atoms with E-state index in [-0.39, 0.29) is 12.5 Å². The number of para-hydroxylation sites is 1. The van der Waals surface area contributed by atoms with Crippen molar-refractivity contribution in [3.63, 3.8) is 0 Å². The van der Waals surface area contributed by atoms with Crippen LogP contribution in [0.3, 0.4) is 0 Å². The Labute approximate surface area is 218 Å². The minimum atomic E-state index is -0.326. The van der Waals surface area contributed by atoms with Crippen molar-refractivity contribution in [1.29, 1.82) is 0 Å². The molecule has 0 aliphatic rings. The molecule has 0 bridgehead atoms. The first kappa shape index (κ1) is 23.2. The van der Waals surface area contributed by atoms with Gasteiger partial charge in [-0.2, -0.15) is 5.10 Å². The molecule has 0 saturated carbocycles. The molecule has 0 saturated heterocycles. The van der Waals surface area contributed by atoms with Gasteiger partial charge in [0.25, 0.3) is 5.91 Å². The van der Waals surface area contributed by atoms with Crippen molar-refractivity contribution in [3.8, 4) is 29.4 Å². The maximum absolute atomic E-state index is 13.1. The fraction of sp³-hybridized carbons (Fsp3) is 0.0385. The molecule has 0 aliphatic carbocycles. The third kappa shape index (κ3) is 5.51. The van der Waals surface area contributed by atoms with Gasteiger partial charge in [-0.25, -0.2) is 10.4 Å². The highest BCUT2D eigenvalue weighted by Crippen LogP contribution is 2.28. The molecule has 1 N–H and O–H groups in total. The number of fused-ring (bicyclic) bond motifs is 1. The first-order valence-electron chi connectivity index (χ1n) is 9.90. The predicted molar refractivity (Wildman–Crippen MR) is 148 cm³/mol. The van der Waals surface area contributed by atoms with Crippen molar-refractivity contribution in [3.05, 3.63) is 91.1 Å². The number of carbonyl (C=O) groups is 1. The van der Waals surface area contributed by atoms with Crippen molar-refractivity contribution < 1.29 is 9.53 Å². The van der Waals surface area contributed by atoms with Crippen LogP contribution in [0.4, 0.5) is 0 Å². The number of ether oxygens (including phenoxy) is 1. The summed E-state index contributed by atoms with van der Waals surface area (Å²) in [5.74, 6) is 2.78. The van der Waals surface area contributed by atoms with Gasteiger partial charge in [-0.1, -0.05) is 54.5 Å². The van der Waals surface area contributed by atoms with Gasteiger partial charge in [0.05, 0.1) is 26.6 Å². The molecular formula is C26H17I2N3O2. The van der Waals surface area contributed by atoms with Gasteiger partial charge < -0.3 is 4.74 Å². The summed E-state index contributed by atoms with van der Waals surface area (Å²) in [6.45, 7) is 0.148. The number of hydrogen-bond donors (Lipinski definition) is 1. The Hall–Kier alpha value is -2.97. The van der Waals surface area contributed by atoms with E-state index in [2.05, 4.69) is 61.6 Å². The monoisotopic (exact) mass is 657 g/mol. The average Bonchev–Trinajstić information content (AvgIpc) is 2.83. The van der Waals surface area contributed by atoms with Gasteiger partial charge in [-0.05, 0) is 69.4 Å². The van der Waals surface area contributed by atoms with Crippen LogP contribution in [0.25, 0.3) is 22.2 Å². The normalized spacial score (nSPS) is 10.8. The fourth-order valence-corrected chi connectivity index (χ4v) is 5.33. The summed E-state index contributed by atoms with van der Waals surface area (Å²) in [4.78, 5) is 17.8. The molecular weight excluding hydrogens is 640 g/mol. The van der Waals surface area contributed by atoms with Crippen LogP contribution < -0.4 is 10.2 Å². The molecule has 1 heterocycles. The van der Waals surface area contributed by atoms with E-state index in [1.165, 1.54) is 0 Å². The summed E-state index contributed by atoms with van der Waals surface area (Å²) in [6.07, 6.45) is 6.90. The van der Waals surface area contributed by atoms with Gasteiger partial charge in [-0.15, -0.1) is 6.42 Å². The number of halogens is 2. The number of hydrogen-bond acceptors (Lipinski definition) is 4. The molecule has 0 radical (unpaired) electrons. The van der Waals surface area contributed by atoms with Crippen LogP contribution in [-0.4, -0.2) is 23.7 Å². The maximum Gasteiger partial charge on any atom is 0.272 e. The summed E-state index contributed by atoms with van der Waals surface area (Å²) in [5, 5.41) is 4.95. The van der Waals surface area contributed by atoms with Crippen LogP contribution in [0.5, 0.6) is 5.75 Å². The molecule has 4 rings (SSSR count). The second-order valence-corrected chi connectivity index (χ2v) is 9.34. The Kier molecular flexibility index (Phi) is 7.57. The van der Waals surface area contributed by atoms with Crippen LogP contribution in [-0.2, 0) is 0 Å². The minimum absolute atomic E-state index is 0.148. The van der Waals surface area contributed by atoms with Crippen molar-refractivity contribution in [1.82, 2.24) is 10.4 Å². The number of aromatic nitrogens is 1. The number of terminal acetylenes is 1. The number of benzene rings is 3. The van der Waals surface area contributed by atoms with Crippen LogP contribution in [0.2, 0.25) is 0 Å². The molecule has 5 nitrogen and oxygen atoms in total. The van der Waals surface area contributed by atoms with Gasteiger partial charge in [0.2, 0.25) is 0 Å². The number of carbonyl (C=O) groups excluding carboxylic acids is 1. The lowest BCUT2D eigenvalue weighted by atomic mass is 10.0. The molecule has 162 valence electrons. The van der Waals surface area contributed by atoms with E-state index in [1.807, 2.05) is 66.7 Å². The van der Waals surface area contributed by atoms with Crippen molar-refractivity contribution in [2.24, 2.45) is 5.10 Å². The highest BCUT2D eigenvalue weighted by molar-refractivity contribution is 14.1. The van der Waals surface area contributed by atoms with E-state index in [0.717, 1.165) is 34.9 Å². The third-order valence-electron chi connectivity index (χ3n) is 4.74. The number of nitrogens with zero attached hydrogens (tertiary/aromatic N) is 2. The van der Waals surface area contributed by atoms with Crippen LogP contribution >= 0.6 is 45.2 Å². The highest BCUT2D eigenvalue weighted by Gasteiger charge is 2.14. The highest BCUT2D eigenvalue weighted by atomic mass is 127. The van der Waals surface area contributed by atoms with Gasteiger partial charge in [0, 0.05) is 20.1 Å². The minimum Gasteiger partial charge on any atom is -0.479 e. The lowest BCUT2D eigenvalue weighted by Gasteiger charge is -2.10. The summed E-state index contributed by atoms with van der Waals surface area (Å²) >= 11 is 4.41. The second-order valence-electron chi connectivity index (χ2n) is 6.94. The van der Waals surface area contributed by atoms with E-state index in [1.54, 1.807) is 12.3 Å². The molecule has 1 aromatic heterocycles. The first-order chi connectivity index (χ1) is 16.1. The van der Waals surface area contributed by atoms with E-state index < -0.39 is 0 Å². The SMILES string of the molecule is C#CCOc1c(I)cc(I)cc1/C=N\NC(=O)c1cc(-c2ccccc2)nc2ccccc12. The predicted octanol–water partition coefficient (Wildman–Crippen LogP) is 5.89. The van der Waals surface area contributed by atoms with Gasteiger partial charge in [0.1, 0.15) is 12.4 Å². The Bertz CT molecular complexity index is 1400. The summed E-state index contributed by atoms with van der Waals surface area (Å²) in [5.41, 5.74) is 6.27. The van der Waals surface area contributed by atoms with Gasteiger partial charge in [-0.3, -0.25) is 4.79 Å². The molecule has 3 aromatic carbocycles. The molecule has 0 atom stereocenters. The zero-order chi connectivity index (χ0) is 23.2. The Morgan fingerprint density at radius 2 is 1.85 bits per heavy atom. The maximum atomic E-state index is 13.1.